The topological polar surface area (TPSA) is 71.8 Å². The Bertz CT molecular complexity index is 2960. The molecule has 0 unspecified atom stereocenters. The molecule has 0 amide bonds. The summed E-state index contributed by atoms with van der Waals surface area (Å²) in [6.07, 6.45) is 4.23. The SMILES string of the molecule is Cn1c(-c2cccc(-c3cc4cc5c6c(c4oc3=O)C(C)(C)CCN6CCC5(C)C)c2)ccc1-c1cccc(-c2cc3cc4c5c(c3oc2=O)C(C)(C)CCN5CCC4(C)C)c1. The van der Waals surface area contributed by atoms with Crippen LogP contribution in [0.1, 0.15) is 103 Å². The maximum atomic E-state index is 14.0. The van der Waals surface area contributed by atoms with Gasteiger partial charge in [0.2, 0.25) is 0 Å². The lowest BCUT2D eigenvalue weighted by Crippen LogP contribution is -2.44. The minimum atomic E-state index is -0.315. The number of aromatic nitrogens is 1. The zero-order valence-corrected chi connectivity index (χ0v) is 37.7. The molecule has 7 heterocycles. The fraction of sp³-hybridized carbons (Fsp3) is 0.382. The molecule has 0 fully saturated rings. The Labute approximate surface area is 364 Å². The van der Waals surface area contributed by atoms with Crippen LogP contribution >= 0.6 is 0 Å². The normalized spacial score (nSPS) is 19.1. The minimum Gasteiger partial charge on any atom is -0.422 e. The molecule has 0 atom stereocenters. The Kier molecular flexibility index (Phi) is 8.25. The van der Waals surface area contributed by atoms with Crippen LogP contribution in [0.3, 0.4) is 0 Å². The predicted octanol–water partition coefficient (Wildman–Crippen LogP) is 12.2. The van der Waals surface area contributed by atoms with Gasteiger partial charge in [0.1, 0.15) is 11.2 Å². The van der Waals surface area contributed by atoms with Gasteiger partial charge >= 0.3 is 11.3 Å². The largest absolute Gasteiger partial charge is 0.422 e. The molecule has 0 N–H and O–H groups in total. The van der Waals surface area contributed by atoms with E-state index in [0.29, 0.717) is 11.1 Å². The van der Waals surface area contributed by atoms with E-state index in [-0.39, 0.29) is 32.9 Å². The van der Waals surface area contributed by atoms with Gasteiger partial charge < -0.3 is 23.2 Å². The van der Waals surface area contributed by atoms with Gasteiger partial charge in [0.05, 0.1) is 11.1 Å². The van der Waals surface area contributed by atoms with Crippen LogP contribution in [-0.4, -0.2) is 30.7 Å². The molecule has 0 spiro atoms. The molecule has 0 saturated heterocycles. The van der Waals surface area contributed by atoms with E-state index < -0.39 is 0 Å². The summed E-state index contributed by atoms with van der Waals surface area (Å²) in [4.78, 5) is 33.0. The Morgan fingerprint density at radius 2 is 0.839 bits per heavy atom. The van der Waals surface area contributed by atoms with Crippen molar-refractivity contribution in [3.8, 4) is 44.8 Å². The van der Waals surface area contributed by atoms with Gasteiger partial charge in [0.15, 0.2) is 0 Å². The average molecular weight is 824 g/mol. The van der Waals surface area contributed by atoms with E-state index in [9.17, 15) is 9.59 Å². The number of fused-ring (bicyclic) bond motifs is 4. The Balaban J connectivity index is 0.966. The smallest absolute Gasteiger partial charge is 0.344 e. The van der Waals surface area contributed by atoms with Crippen molar-refractivity contribution in [3.05, 3.63) is 128 Å². The quantitative estimate of drug-likeness (QED) is 0.165. The predicted molar refractivity (Wildman–Crippen MR) is 254 cm³/mol. The van der Waals surface area contributed by atoms with E-state index in [1.54, 1.807) is 0 Å². The molecule has 4 aromatic carbocycles. The van der Waals surface area contributed by atoms with Crippen LogP contribution < -0.4 is 21.1 Å². The van der Waals surface area contributed by atoms with Gasteiger partial charge in [-0.05, 0) is 129 Å². The standard InChI is InChI=1S/C55H57N3O4/c1-52(2)18-22-57-24-20-54(5,6)44-46(57)40(52)30-36-28-38(50(59)61-48(36)44)32-12-10-14-34(26-32)42-16-17-43(56(42)9)35-15-11-13-33(27-35)39-29-37-31-41-47-45(49(37)62-51(39)60)55(7,8)21-25-58(47)23-19-53(41,3)4/h10-17,26-31H,18-25H2,1-9H3. The zero-order chi connectivity index (χ0) is 43.2. The molecule has 11 rings (SSSR count). The van der Waals surface area contributed by atoms with E-state index in [2.05, 4.69) is 137 Å². The molecule has 0 aliphatic carbocycles. The summed E-state index contributed by atoms with van der Waals surface area (Å²) in [6.45, 7) is 22.6. The highest BCUT2D eigenvalue weighted by atomic mass is 16.4. The second-order valence-corrected chi connectivity index (χ2v) is 21.4. The lowest BCUT2D eigenvalue weighted by atomic mass is 9.69. The fourth-order valence-corrected chi connectivity index (χ4v) is 11.5. The average Bonchev–Trinajstić information content (AvgIpc) is 3.62. The van der Waals surface area contributed by atoms with Crippen LogP contribution in [0.25, 0.3) is 66.7 Å². The highest BCUT2D eigenvalue weighted by Gasteiger charge is 2.43. The fourth-order valence-electron chi connectivity index (χ4n) is 11.5. The Hall–Kier alpha value is -5.82. The lowest BCUT2D eigenvalue weighted by molar-refractivity contribution is 0.398. The molecule has 3 aromatic heterocycles. The van der Waals surface area contributed by atoms with E-state index in [4.69, 9.17) is 8.83 Å². The summed E-state index contributed by atoms with van der Waals surface area (Å²) < 4.78 is 14.9. The first-order valence-corrected chi connectivity index (χ1v) is 22.6. The van der Waals surface area contributed by atoms with Crippen molar-refractivity contribution in [1.29, 1.82) is 0 Å². The molecule has 4 aliphatic rings. The maximum absolute atomic E-state index is 14.0. The molecular formula is C55H57N3O4. The second-order valence-electron chi connectivity index (χ2n) is 21.4. The van der Waals surface area contributed by atoms with Crippen molar-refractivity contribution in [3.63, 3.8) is 0 Å². The molecule has 316 valence electrons. The summed E-state index contributed by atoms with van der Waals surface area (Å²) in [5, 5.41) is 1.97. The van der Waals surface area contributed by atoms with Gasteiger partial charge in [0.25, 0.3) is 0 Å². The first-order chi connectivity index (χ1) is 29.4. The van der Waals surface area contributed by atoms with Gasteiger partial charge in [0, 0.05) is 77.9 Å². The van der Waals surface area contributed by atoms with Crippen molar-refractivity contribution in [2.24, 2.45) is 7.05 Å². The Morgan fingerprint density at radius 1 is 0.468 bits per heavy atom. The lowest BCUT2D eigenvalue weighted by Gasteiger charge is -2.48. The highest BCUT2D eigenvalue weighted by molar-refractivity contribution is 5.94. The van der Waals surface area contributed by atoms with Crippen LogP contribution in [0.4, 0.5) is 11.4 Å². The van der Waals surface area contributed by atoms with Crippen LogP contribution in [0.5, 0.6) is 0 Å². The molecule has 62 heavy (non-hydrogen) atoms. The molecular weight excluding hydrogens is 767 g/mol. The molecule has 7 heteroatoms. The number of rotatable bonds is 4. The summed E-state index contributed by atoms with van der Waals surface area (Å²) in [5.41, 5.74) is 15.1. The summed E-state index contributed by atoms with van der Waals surface area (Å²) in [6, 6.07) is 29.4. The molecule has 0 saturated carbocycles. The number of hydrogen-bond donors (Lipinski definition) is 0. The number of nitrogens with zero attached hydrogens (tertiary/aromatic N) is 3. The van der Waals surface area contributed by atoms with Crippen LogP contribution in [0, 0.1) is 0 Å². The van der Waals surface area contributed by atoms with Crippen LogP contribution in [0.2, 0.25) is 0 Å². The van der Waals surface area contributed by atoms with Gasteiger partial charge in [-0.15, -0.1) is 0 Å². The van der Waals surface area contributed by atoms with E-state index in [1.807, 2.05) is 24.3 Å². The van der Waals surface area contributed by atoms with E-state index in [1.165, 1.54) is 33.6 Å². The number of anilines is 2. The van der Waals surface area contributed by atoms with Crippen molar-refractivity contribution >= 4 is 33.3 Å². The van der Waals surface area contributed by atoms with Gasteiger partial charge in [-0.2, -0.15) is 0 Å². The van der Waals surface area contributed by atoms with Gasteiger partial charge in [-0.3, -0.25) is 0 Å². The minimum absolute atomic E-state index is 0.0247. The molecule has 7 aromatic rings. The third-order valence-corrected chi connectivity index (χ3v) is 15.5. The molecule has 4 aliphatic heterocycles. The zero-order valence-electron chi connectivity index (χ0n) is 37.7. The molecule has 7 nitrogen and oxygen atoms in total. The van der Waals surface area contributed by atoms with Crippen molar-refractivity contribution in [1.82, 2.24) is 4.57 Å². The van der Waals surface area contributed by atoms with Crippen molar-refractivity contribution in [2.45, 2.75) is 103 Å². The van der Waals surface area contributed by atoms with E-state index in [0.717, 1.165) is 107 Å². The van der Waals surface area contributed by atoms with Crippen LogP contribution in [0.15, 0.2) is 103 Å². The Morgan fingerprint density at radius 3 is 1.24 bits per heavy atom. The first-order valence-electron chi connectivity index (χ1n) is 22.6. The first kappa shape index (κ1) is 39.1. The van der Waals surface area contributed by atoms with Crippen molar-refractivity contribution in [2.75, 3.05) is 36.0 Å². The monoisotopic (exact) mass is 823 g/mol. The summed E-state index contributed by atoms with van der Waals surface area (Å²) >= 11 is 0. The third-order valence-electron chi connectivity index (χ3n) is 15.5. The number of benzene rings is 4. The van der Waals surface area contributed by atoms with E-state index >= 15 is 0 Å². The second kappa shape index (κ2) is 13.1. The molecule has 0 radical (unpaired) electrons. The van der Waals surface area contributed by atoms with Crippen molar-refractivity contribution < 1.29 is 8.83 Å². The highest BCUT2D eigenvalue weighted by Crippen LogP contribution is 2.53. The maximum Gasteiger partial charge on any atom is 0.344 e. The van der Waals surface area contributed by atoms with Gasteiger partial charge in [-0.1, -0.05) is 91.8 Å². The number of hydrogen-bond acceptors (Lipinski definition) is 6. The third kappa shape index (κ3) is 5.75. The van der Waals surface area contributed by atoms with Gasteiger partial charge in [-0.25, -0.2) is 9.59 Å². The summed E-state index contributed by atoms with van der Waals surface area (Å²) in [7, 11) is 2.07. The van der Waals surface area contributed by atoms with Crippen LogP contribution in [-0.2, 0) is 28.7 Å². The summed E-state index contributed by atoms with van der Waals surface area (Å²) in [5.74, 6) is 0. The molecule has 0 bridgehead atoms.